The maximum absolute atomic E-state index is 12.1. The second kappa shape index (κ2) is 10.9. The highest BCUT2D eigenvalue weighted by molar-refractivity contribution is 5.94. The van der Waals surface area contributed by atoms with Crippen molar-refractivity contribution in [2.24, 2.45) is 0 Å². The molecule has 9 heteroatoms. The molecule has 0 spiro atoms. The average molecular weight is 367 g/mol. The molecule has 1 aromatic heterocycles. The molecule has 2 rings (SSSR count). The highest BCUT2D eigenvalue weighted by atomic mass is 16.7. The van der Waals surface area contributed by atoms with Gasteiger partial charge in [-0.15, -0.1) is 5.10 Å². The molecule has 0 aliphatic heterocycles. The Kier molecular flexibility index (Phi) is 8.49. The van der Waals surface area contributed by atoms with E-state index in [4.69, 9.17) is 9.47 Å². The molecular weight excluding hydrogens is 338 g/mol. The monoisotopic (exact) mass is 367 g/mol. The molecule has 1 aliphatic rings. The summed E-state index contributed by atoms with van der Waals surface area (Å²) in [7, 11) is 0. The van der Waals surface area contributed by atoms with E-state index in [1.54, 1.807) is 0 Å². The van der Waals surface area contributed by atoms with Crippen LogP contribution in [-0.2, 0) is 20.8 Å². The Morgan fingerprint density at radius 1 is 1.23 bits per heavy atom. The zero-order valence-electron chi connectivity index (χ0n) is 15.6. The number of nitrogens with zero attached hydrogens (tertiary/aromatic N) is 3. The third-order valence-electron chi connectivity index (χ3n) is 4.19. The van der Waals surface area contributed by atoms with Crippen molar-refractivity contribution in [3.05, 3.63) is 11.9 Å². The highest BCUT2D eigenvalue weighted by Crippen LogP contribution is 2.17. The molecule has 1 heterocycles. The van der Waals surface area contributed by atoms with E-state index < -0.39 is 12.2 Å². The summed E-state index contributed by atoms with van der Waals surface area (Å²) in [6, 6.07) is 0.225. The molecule has 0 bridgehead atoms. The van der Waals surface area contributed by atoms with Crippen LogP contribution in [0.15, 0.2) is 6.20 Å². The van der Waals surface area contributed by atoms with Gasteiger partial charge in [0.15, 0.2) is 12.0 Å². The molecule has 2 N–H and O–H groups in total. The van der Waals surface area contributed by atoms with E-state index in [1.807, 2.05) is 13.8 Å². The maximum atomic E-state index is 12.1. The van der Waals surface area contributed by atoms with Crippen LogP contribution in [0.5, 0.6) is 0 Å². The number of carbonyl (C=O) groups is 2. The van der Waals surface area contributed by atoms with Crippen molar-refractivity contribution in [1.29, 1.82) is 0 Å². The minimum absolute atomic E-state index is 0.0668. The predicted molar refractivity (Wildman–Crippen MR) is 94.4 cm³/mol. The standard InChI is InChI=1S/C17H29N5O4/c1-3-25-16(26-4-2)12-22-11-14(20-21-22)17(24)18-10-15(23)19-13-8-6-5-7-9-13/h11,13,16H,3-10,12H2,1-2H3,(H,18,24)(H,19,23). The van der Waals surface area contributed by atoms with E-state index in [1.165, 1.54) is 17.3 Å². The van der Waals surface area contributed by atoms with Crippen molar-refractivity contribution in [3.8, 4) is 0 Å². The lowest BCUT2D eigenvalue weighted by atomic mass is 9.95. The van der Waals surface area contributed by atoms with E-state index in [9.17, 15) is 9.59 Å². The molecule has 1 aliphatic carbocycles. The van der Waals surface area contributed by atoms with Gasteiger partial charge in [0, 0.05) is 19.3 Å². The molecule has 146 valence electrons. The van der Waals surface area contributed by atoms with Gasteiger partial charge in [-0.2, -0.15) is 0 Å². The summed E-state index contributed by atoms with van der Waals surface area (Å²) in [6.45, 7) is 5.06. The molecule has 0 saturated heterocycles. The fraction of sp³-hybridized carbons (Fsp3) is 0.765. The summed E-state index contributed by atoms with van der Waals surface area (Å²) in [6.07, 6.45) is 6.61. The number of amides is 2. The van der Waals surface area contributed by atoms with Gasteiger partial charge in [0.1, 0.15) is 0 Å². The van der Waals surface area contributed by atoms with Crippen LogP contribution in [-0.4, -0.2) is 58.9 Å². The molecule has 9 nitrogen and oxygen atoms in total. The minimum Gasteiger partial charge on any atom is -0.352 e. The Balaban J connectivity index is 1.76. The summed E-state index contributed by atoms with van der Waals surface area (Å²) in [5.74, 6) is -0.607. The number of ether oxygens (including phenoxy) is 2. The molecule has 1 fully saturated rings. The lowest BCUT2D eigenvalue weighted by molar-refractivity contribution is -0.145. The van der Waals surface area contributed by atoms with Crippen molar-refractivity contribution in [2.75, 3.05) is 19.8 Å². The topological polar surface area (TPSA) is 107 Å². The molecule has 1 aromatic rings. The van der Waals surface area contributed by atoms with Crippen LogP contribution < -0.4 is 10.6 Å². The molecule has 0 atom stereocenters. The number of aromatic nitrogens is 3. The van der Waals surface area contributed by atoms with Gasteiger partial charge in [0.05, 0.1) is 19.3 Å². The molecule has 26 heavy (non-hydrogen) atoms. The Morgan fingerprint density at radius 2 is 1.92 bits per heavy atom. The fourth-order valence-electron chi connectivity index (χ4n) is 2.95. The maximum Gasteiger partial charge on any atom is 0.273 e. The molecule has 1 saturated carbocycles. The van der Waals surface area contributed by atoms with Crippen molar-refractivity contribution < 1.29 is 19.1 Å². The van der Waals surface area contributed by atoms with Crippen molar-refractivity contribution >= 4 is 11.8 Å². The first-order valence-electron chi connectivity index (χ1n) is 9.33. The SMILES string of the molecule is CCOC(Cn1cc(C(=O)NCC(=O)NC2CCCCC2)nn1)OCC. The molecule has 0 radical (unpaired) electrons. The van der Waals surface area contributed by atoms with E-state index >= 15 is 0 Å². The van der Waals surface area contributed by atoms with Crippen LogP contribution in [0, 0.1) is 0 Å². The van der Waals surface area contributed by atoms with Gasteiger partial charge in [-0.3, -0.25) is 9.59 Å². The fourth-order valence-corrected chi connectivity index (χ4v) is 2.95. The Morgan fingerprint density at radius 3 is 2.58 bits per heavy atom. The molecular formula is C17H29N5O4. The van der Waals surface area contributed by atoms with Crippen LogP contribution in [0.1, 0.15) is 56.4 Å². The summed E-state index contributed by atoms with van der Waals surface area (Å²) < 4.78 is 12.4. The van der Waals surface area contributed by atoms with Gasteiger partial charge >= 0.3 is 0 Å². The van der Waals surface area contributed by atoms with Gasteiger partial charge in [-0.05, 0) is 26.7 Å². The van der Waals surface area contributed by atoms with Crippen LogP contribution >= 0.6 is 0 Å². The van der Waals surface area contributed by atoms with Gasteiger partial charge < -0.3 is 20.1 Å². The lowest BCUT2D eigenvalue weighted by Crippen LogP contribution is -2.42. The van der Waals surface area contributed by atoms with Gasteiger partial charge in [0.25, 0.3) is 5.91 Å². The quantitative estimate of drug-likeness (QED) is 0.594. The highest BCUT2D eigenvalue weighted by Gasteiger charge is 2.18. The van der Waals surface area contributed by atoms with Crippen LogP contribution in [0.3, 0.4) is 0 Å². The van der Waals surface area contributed by atoms with Crippen molar-refractivity contribution in [2.45, 2.75) is 64.8 Å². The number of carbonyl (C=O) groups excluding carboxylic acids is 2. The first kappa shape index (κ1) is 20.3. The predicted octanol–water partition coefficient (Wildman–Crippen LogP) is 0.856. The second-order valence-corrected chi connectivity index (χ2v) is 6.25. The summed E-state index contributed by atoms with van der Waals surface area (Å²) in [5.41, 5.74) is 0.155. The molecule has 0 unspecified atom stereocenters. The first-order chi connectivity index (χ1) is 12.6. The first-order valence-corrected chi connectivity index (χ1v) is 9.33. The van der Waals surface area contributed by atoms with Gasteiger partial charge in [0.2, 0.25) is 5.91 Å². The van der Waals surface area contributed by atoms with E-state index in [0.717, 1.165) is 25.7 Å². The average Bonchev–Trinajstić information content (AvgIpc) is 3.09. The molecule has 0 aromatic carbocycles. The van der Waals surface area contributed by atoms with E-state index in [0.29, 0.717) is 19.8 Å². The zero-order valence-corrected chi connectivity index (χ0v) is 15.6. The van der Waals surface area contributed by atoms with Gasteiger partial charge in [-0.1, -0.05) is 24.5 Å². The third-order valence-corrected chi connectivity index (χ3v) is 4.19. The normalized spacial score (nSPS) is 15.2. The minimum atomic E-state index is -0.441. The van der Waals surface area contributed by atoms with Crippen LogP contribution in [0.25, 0.3) is 0 Å². The third kappa shape index (κ3) is 6.72. The number of nitrogens with one attached hydrogen (secondary N) is 2. The summed E-state index contributed by atoms with van der Waals surface area (Å²) in [5, 5.41) is 13.3. The zero-order chi connectivity index (χ0) is 18.8. The van der Waals surface area contributed by atoms with Gasteiger partial charge in [-0.25, -0.2) is 4.68 Å². The second-order valence-electron chi connectivity index (χ2n) is 6.25. The Labute approximate surface area is 153 Å². The van der Waals surface area contributed by atoms with E-state index in [-0.39, 0.29) is 24.2 Å². The summed E-state index contributed by atoms with van der Waals surface area (Å²) >= 11 is 0. The summed E-state index contributed by atoms with van der Waals surface area (Å²) in [4.78, 5) is 24.1. The largest absolute Gasteiger partial charge is 0.352 e. The lowest BCUT2D eigenvalue weighted by Gasteiger charge is -2.22. The molecule has 2 amide bonds. The van der Waals surface area contributed by atoms with Crippen molar-refractivity contribution in [1.82, 2.24) is 25.6 Å². The van der Waals surface area contributed by atoms with Crippen LogP contribution in [0.2, 0.25) is 0 Å². The Hall–Kier alpha value is -2.00. The van der Waals surface area contributed by atoms with E-state index in [2.05, 4.69) is 20.9 Å². The Bertz CT molecular complexity index is 565. The number of rotatable bonds is 10. The number of hydrogen-bond acceptors (Lipinski definition) is 6. The van der Waals surface area contributed by atoms with Crippen LogP contribution in [0.4, 0.5) is 0 Å². The number of hydrogen-bond donors (Lipinski definition) is 2. The smallest absolute Gasteiger partial charge is 0.273 e. The van der Waals surface area contributed by atoms with Crippen molar-refractivity contribution in [3.63, 3.8) is 0 Å².